The number of hydrogen-bond acceptors (Lipinski definition) is 5. The van der Waals surface area contributed by atoms with Crippen molar-refractivity contribution in [2.24, 2.45) is 5.92 Å². The van der Waals surface area contributed by atoms with Crippen LogP contribution in [-0.2, 0) is 19.6 Å². The standard InChI is InChI=1S/C22H25ClN2O5S/c1-3-30-22(27)19-14-17(6-9-20(19)23)24-21(26)16-10-12-25(13-11-16)31(28,29)18-7-4-15(2)5-8-18/h4-9,14,16H,3,10-13H2,1-2H3,(H,24,26). The first-order valence-corrected chi connectivity index (χ1v) is 11.9. The number of piperidine rings is 1. The van der Waals surface area contributed by atoms with Crippen LogP contribution < -0.4 is 5.32 Å². The molecule has 2 aromatic rings. The van der Waals surface area contributed by atoms with Crippen LogP contribution in [0, 0.1) is 12.8 Å². The number of carbonyl (C=O) groups excluding carboxylic acids is 2. The molecular formula is C22H25ClN2O5S. The van der Waals surface area contributed by atoms with Crippen LogP contribution >= 0.6 is 11.6 Å². The summed E-state index contributed by atoms with van der Waals surface area (Å²) in [5, 5.41) is 3.04. The molecule has 9 heteroatoms. The minimum Gasteiger partial charge on any atom is -0.462 e. The van der Waals surface area contributed by atoms with Crippen molar-refractivity contribution >= 4 is 39.2 Å². The highest BCUT2D eigenvalue weighted by Crippen LogP contribution is 2.26. The zero-order valence-corrected chi connectivity index (χ0v) is 19.0. The van der Waals surface area contributed by atoms with E-state index in [0.717, 1.165) is 5.56 Å². The van der Waals surface area contributed by atoms with Gasteiger partial charge in [0.15, 0.2) is 0 Å². The summed E-state index contributed by atoms with van der Waals surface area (Å²) < 4.78 is 32.0. The average Bonchev–Trinajstić information content (AvgIpc) is 2.75. The van der Waals surface area contributed by atoms with Crippen molar-refractivity contribution in [1.82, 2.24) is 4.31 Å². The summed E-state index contributed by atoms with van der Waals surface area (Å²) in [7, 11) is -3.58. The van der Waals surface area contributed by atoms with Crippen LogP contribution in [0.3, 0.4) is 0 Å². The van der Waals surface area contributed by atoms with E-state index in [1.54, 1.807) is 37.3 Å². The molecule has 3 rings (SSSR count). The molecule has 0 atom stereocenters. The van der Waals surface area contributed by atoms with Crippen molar-refractivity contribution in [2.75, 3.05) is 25.0 Å². The molecule has 1 saturated heterocycles. The van der Waals surface area contributed by atoms with Gasteiger partial charge < -0.3 is 10.1 Å². The number of anilines is 1. The van der Waals surface area contributed by atoms with Gasteiger partial charge in [-0.1, -0.05) is 29.3 Å². The van der Waals surface area contributed by atoms with Crippen LogP contribution in [0.4, 0.5) is 5.69 Å². The molecule has 0 radical (unpaired) electrons. The van der Waals surface area contributed by atoms with Gasteiger partial charge in [0.25, 0.3) is 0 Å². The van der Waals surface area contributed by atoms with Crippen molar-refractivity contribution in [2.45, 2.75) is 31.6 Å². The molecule has 1 N–H and O–H groups in total. The van der Waals surface area contributed by atoms with Crippen molar-refractivity contribution in [3.8, 4) is 0 Å². The monoisotopic (exact) mass is 464 g/mol. The van der Waals surface area contributed by atoms with Crippen LogP contribution in [0.2, 0.25) is 5.02 Å². The first kappa shape index (κ1) is 23.2. The summed E-state index contributed by atoms with van der Waals surface area (Å²) in [6.45, 7) is 4.35. The quantitative estimate of drug-likeness (QED) is 0.655. The molecule has 1 aliphatic heterocycles. The van der Waals surface area contributed by atoms with Gasteiger partial charge in [0.05, 0.1) is 22.1 Å². The number of rotatable bonds is 6. The minimum atomic E-state index is -3.58. The number of sulfonamides is 1. The number of halogens is 1. The first-order valence-electron chi connectivity index (χ1n) is 10.1. The molecule has 0 saturated carbocycles. The van der Waals surface area contributed by atoms with Gasteiger partial charge in [-0.3, -0.25) is 4.79 Å². The van der Waals surface area contributed by atoms with Crippen LogP contribution in [0.1, 0.15) is 35.7 Å². The third-order valence-corrected chi connectivity index (χ3v) is 7.46. The zero-order valence-electron chi connectivity index (χ0n) is 17.4. The van der Waals surface area contributed by atoms with E-state index in [2.05, 4.69) is 5.32 Å². The van der Waals surface area contributed by atoms with E-state index in [4.69, 9.17) is 16.3 Å². The maximum absolute atomic E-state index is 12.8. The summed E-state index contributed by atoms with van der Waals surface area (Å²) in [5.41, 5.74) is 1.61. The van der Waals surface area contributed by atoms with E-state index >= 15 is 0 Å². The average molecular weight is 465 g/mol. The molecular weight excluding hydrogens is 440 g/mol. The summed E-state index contributed by atoms with van der Waals surface area (Å²) in [5.74, 6) is -1.10. The Hall–Kier alpha value is -2.42. The van der Waals surface area contributed by atoms with Crippen LogP contribution in [0.15, 0.2) is 47.4 Å². The van der Waals surface area contributed by atoms with E-state index in [1.807, 2.05) is 6.92 Å². The second-order valence-corrected chi connectivity index (χ2v) is 9.74. The highest BCUT2D eigenvalue weighted by Gasteiger charge is 2.32. The Labute approximate surface area is 187 Å². The number of ether oxygens (including phenoxy) is 1. The van der Waals surface area contributed by atoms with Gasteiger partial charge in [-0.15, -0.1) is 0 Å². The fraction of sp³-hybridized carbons (Fsp3) is 0.364. The SMILES string of the molecule is CCOC(=O)c1cc(NC(=O)C2CCN(S(=O)(=O)c3ccc(C)cc3)CC2)ccc1Cl. The number of nitrogens with one attached hydrogen (secondary N) is 1. The summed E-state index contributed by atoms with van der Waals surface area (Å²) in [6.07, 6.45) is 0.824. The lowest BCUT2D eigenvalue weighted by molar-refractivity contribution is -0.120. The van der Waals surface area contributed by atoms with Gasteiger partial charge in [0, 0.05) is 24.7 Å². The minimum absolute atomic E-state index is 0.181. The number of benzene rings is 2. The molecule has 7 nitrogen and oxygen atoms in total. The van der Waals surface area contributed by atoms with Crippen LogP contribution in [0.25, 0.3) is 0 Å². The molecule has 0 bridgehead atoms. The highest BCUT2D eigenvalue weighted by atomic mass is 35.5. The van der Waals surface area contributed by atoms with E-state index in [1.165, 1.54) is 16.4 Å². The maximum atomic E-state index is 12.8. The third-order valence-electron chi connectivity index (χ3n) is 5.21. The van der Waals surface area contributed by atoms with Crippen LogP contribution in [-0.4, -0.2) is 44.3 Å². The van der Waals surface area contributed by atoms with E-state index < -0.39 is 16.0 Å². The topological polar surface area (TPSA) is 92.8 Å². The zero-order chi connectivity index (χ0) is 22.6. The molecule has 31 heavy (non-hydrogen) atoms. The smallest absolute Gasteiger partial charge is 0.339 e. The third kappa shape index (κ3) is 5.44. The maximum Gasteiger partial charge on any atom is 0.339 e. The molecule has 166 valence electrons. The molecule has 1 aliphatic rings. The van der Waals surface area contributed by atoms with E-state index in [0.29, 0.717) is 18.5 Å². The fourth-order valence-corrected chi connectivity index (χ4v) is 5.09. The second kappa shape index (κ2) is 9.80. The summed E-state index contributed by atoms with van der Waals surface area (Å²) >= 11 is 6.05. The summed E-state index contributed by atoms with van der Waals surface area (Å²) in [4.78, 5) is 24.9. The molecule has 1 amide bonds. The van der Waals surface area contributed by atoms with Crippen molar-refractivity contribution in [3.05, 3.63) is 58.6 Å². The second-order valence-electron chi connectivity index (χ2n) is 7.40. The number of esters is 1. The molecule has 2 aromatic carbocycles. The van der Waals surface area contributed by atoms with Gasteiger partial charge in [0.1, 0.15) is 0 Å². The molecule has 1 heterocycles. The summed E-state index contributed by atoms with van der Waals surface area (Å²) in [6, 6.07) is 11.4. The predicted molar refractivity (Wildman–Crippen MR) is 119 cm³/mol. The van der Waals surface area contributed by atoms with Gasteiger partial charge in [-0.25, -0.2) is 13.2 Å². The lowest BCUT2D eigenvalue weighted by Gasteiger charge is -2.30. The van der Waals surface area contributed by atoms with E-state index in [9.17, 15) is 18.0 Å². The van der Waals surface area contributed by atoms with Crippen LogP contribution in [0.5, 0.6) is 0 Å². The van der Waals surface area contributed by atoms with Crippen molar-refractivity contribution in [1.29, 1.82) is 0 Å². The number of nitrogens with zero attached hydrogens (tertiary/aromatic N) is 1. The molecule has 0 aromatic heterocycles. The number of amides is 1. The predicted octanol–water partition coefficient (Wildman–Crippen LogP) is 3.86. The Balaban J connectivity index is 1.62. The number of aryl methyl sites for hydroxylation is 1. The Morgan fingerprint density at radius 1 is 1.13 bits per heavy atom. The van der Waals surface area contributed by atoms with E-state index in [-0.39, 0.29) is 47.0 Å². The number of carbonyl (C=O) groups is 2. The Morgan fingerprint density at radius 2 is 1.77 bits per heavy atom. The lowest BCUT2D eigenvalue weighted by Crippen LogP contribution is -2.41. The lowest BCUT2D eigenvalue weighted by atomic mass is 9.97. The molecule has 0 spiro atoms. The largest absolute Gasteiger partial charge is 0.462 e. The number of hydrogen-bond donors (Lipinski definition) is 1. The van der Waals surface area contributed by atoms with Gasteiger partial charge in [-0.05, 0) is 57.0 Å². The molecule has 1 fully saturated rings. The van der Waals surface area contributed by atoms with Gasteiger partial charge in [0.2, 0.25) is 15.9 Å². The Kier molecular flexibility index (Phi) is 7.35. The normalized spacial score (nSPS) is 15.5. The first-order chi connectivity index (χ1) is 14.7. The highest BCUT2D eigenvalue weighted by molar-refractivity contribution is 7.89. The Bertz CT molecular complexity index is 1060. The molecule has 0 aliphatic carbocycles. The van der Waals surface area contributed by atoms with Gasteiger partial charge >= 0.3 is 5.97 Å². The Morgan fingerprint density at radius 3 is 2.39 bits per heavy atom. The molecule has 0 unspecified atom stereocenters. The fourth-order valence-electron chi connectivity index (χ4n) is 3.43. The van der Waals surface area contributed by atoms with Gasteiger partial charge in [-0.2, -0.15) is 4.31 Å². The van der Waals surface area contributed by atoms with Crippen molar-refractivity contribution in [3.63, 3.8) is 0 Å². The van der Waals surface area contributed by atoms with Crippen molar-refractivity contribution < 1.29 is 22.7 Å².